The fraction of sp³-hybridized carbons (Fsp3) is 0.444. The van der Waals surface area contributed by atoms with E-state index in [1.165, 1.54) is 0 Å². The van der Waals surface area contributed by atoms with E-state index in [1.54, 1.807) is 6.20 Å². The van der Waals surface area contributed by atoms with Crippen molar-refractivity contribution in [2.45, 2.75) is 32.2 Å². The molecular weight excluding hydrogens is 352 g/mol. The summed E-state index contributed by atoms with van der Waals surface area (Å²) in [7, 11) is -3.64. The van der Waals surface area contributed by atoms with E-state index in [0.717, 1.165) is 35.6 Å². The van der Waals surface area contributed by atoms with E-state index in [4.69, 9.17) is 4.74 Å². The smallest absolute Gasteiger partial charge is 0.241 e. The van der Waals surface area contributed by atoms with Crippen molar-refractivity contribution in [3.05, 3.63) is 46.9 Å². The van der Waals surface area contributed by atoms with Crippen LogP contribution in [0.1, 0.15) is 22.5 Å². The minimum atomic E-state index is -3.64. The molecule has 0 atom stereocenters. The summed E-state index contributed by atoms with van der Waals surface area (Å²) >= 11 is 0. The van der Waals surface area contributed by atoms with Gasteiger partial charge in [-0.3, -0.25) is 0 Å². The van der Waals surface area contributed by atoms with E-state index in [9.17, 15) is 8.42 Å². The van der Waals surface area contributed by atoms with Crippen molar-refractivity contribution in [1.29, 1.82) is 0 Å². The van der Waals surface area contributed by atoms with Gasteiger partial charge in [-0.05, 0) is 38.0 Å². The molecule has 0 amide bonds. The molecule has 0 saturated carbocycles. The number of nitrogens with one attached hydrogen (secondary N) is 1. The lowest BCUT2D eigenvalue weighted by Crippen LogP contribution is -2.37. The van der Waals surface area contributed by atoms with Gasteiger partial charge in [0.05, 0.1) is 24.7 Å². The van der Waals surface area contributed by atoms with Crippen LogP contribution >= 0.6 is 0 Å². The van der Waals surface area contributed by atoms with Crippen LogP contribution in [-0.2, 0) is 21.3 Å². The van der Waals surface area contributed by atoms with Crippen LogP contribution in [0.3, 0.4) is 0 Å². The molecule has 1 N–H and O–H groups in total. The van der Waals surface area contributed by atoms with Gasteiger partial charge in [-0.25, -0.2) is 23.1 Å². The third-order valence-electron chi connectivity index (χ3n) is 4.32. The van der Waals surface area contributed by atoms with Gasteiger partial charge in [0, 0.05) is 19.3 Å². The molecule has 1 fully saturated rings. The first kappa shape index (κ1) is 18.8. The summed E-state index contributed by atoms with van der Waals surface area (Å²) in [6.07, 6.45) is 1.66. The molecule has 1 aliphatic rings. The summed E-state index contributed by atoms with van der Waals surface area (Å²) in [6, 6.07) is 5.58. The Kier molecular flexibility index (Phi) is 5.55. The van der Waals surface area contributed by atoms with Gasteiger partial charge in [-0.1, -0.05) is 17.7 Å². The number of sulfonamides is 1. The van der Waals surface area contributed by atoms with Crippen molar-refractivity contribution in [3.63, 3.8) is 0 Å². The molecule has 140 valence electrons. The third-order valence-corrected chi connectivity index (χ3v) is 6.03. The highest BCUT2D eigenvalue weighted by Gasteiger charge is 2.20. The second kappa shape index (κ2) is 7.69. The van der Waals surface area contributed by atoms with Crippen molar-refractivity contribution in [1.82, 2.24) is 14.7 Å². The summed E-state index contributed by atoms with van der Waals surface area (Å²) < 4.78 is 33.5. The highest BCUT2D eigenvalue weighted by atomic mass is 32.2. The number of rotatable bonds is 5. The molecule has 1 aromatic heterocycles. The SMILES string of the molecule is Cc1cc(C)c(S(=O)(=O)NCc2nccc(N3CCOCC3)n2)c(C)c1. The summed E-state index contributed by atoms with van der Waals surface area (Å²) in [5, 5.41) is 0. The van der Waals surface area contributed by atoms with Crippen LogP contribution in [0.4, 0.5) is 5.82 Å². The monoisotopic (exact) mass is 376 g/mol. The molecule has 0 unspecified atom stereocenters. The molecule has 2 heterocycles. The zero-order valence-electron chi connectivity index (χ0n) is 15.3. The van der Waals surface area contributed by atoms with E-state index >= 15 is 0 Å². The maximum Gasteiger partial charge on any atom is 0.241 e. The fourth-order valence-corrected chi connectivity index (χ4v) is 4.69. The lowest BCUT2D eigenvalue weighted by molar-refractivity contribution is 0.122. The van der Waals surface area contributed by atoms with Crippen LogP contribution in [0.15, 0.2) is 29.3 Å². The van der Waals surface area contributed by atoms with Crippen LogP contribution in [0.2, 0.25) is 0 Å². The Morgan fingerprint density at radius 2 is 1.81 bits per heavy atom. The van der Waals surface area contributed by atoms with Crippen molar-refractivity contribution in [2.24, 2.45) is 0 Å². The standard InChI is InChI=1S/C18H24N4O3S/c1-13-10-14(2)18(15(3)11-13)26(23,24)20-12-16-19-5-4-17(21-16)22-6-8-25-9-7-22/h4-5,10-11,20H,6-9,12H2,1-3H3. The van der Waals surface area contributed by atoms with Gasteiger partial charge in [0.15, 0.2) is 0 Å². The first-order valence-electron chi connectivity index (χ1n) is 8.59. The quantitative estimate of drug-likeness (QED) is 0.855. The summed E-state index contributed by atoms with van der Waals surface area (Å²) in [4.78, 5) is 11.1. The maximum absolute atomic E-state index is 12.8. The molecule has 0 aliphatic carbocycles. The van der Waals surface area contributed by atoms with E-state index in [-0.39, 0.29) is 6.54 Å². The average Bonchev–Trinajstić information content (AvgIpc) is 2.60. The van der Waals surface area contributed by atoms with Crippen LogP contribution in [-0.4, -0.2) is 44.7 Å². The maximum atomic E-state index is 12.8. The van der Waals surface area contributed by atoms with E-state index in [1.807, 2.05) is 39.0 Å². The fourth-order valence-electron chi connectivity index (χ4n) is 3.26. The largest absolute Gasteiger partial charge is 0.378 e. The Morgan fingerprint density at radius 1 is 1.15 bits per heavy atom. The van der Waals surface area contributed by atoms with E-state index in [0.29, 0.717) is 23.9 Å². The minimum absolute atomic E-state index is 0.0489. The van der Waals surface area contributed by atoms with Crippen LogP contribution in [0.25, 0.3) is 0 Å². The number of nitrogens with zero attached hydrogens (tertiary/aromatic N) is 3. The molecule has 1 aromatic carbocycles. The Labute approximate surface area is 154 Å². The predicted molar refractivity (Wildman–Crippen MR) is 99.7 cm³/mol. The molecule has 1 aliphatic heterocycles. The topological polar surface area (TPSA) is 84.4 Å². The molecule has 0 radical (unpaired) electrons. The Morgan fingerprint density at radius 3 is 2.46 bits per heavy atom. The molecule has 1 saturated heterocycles. The van der Waals surface area contributed by atoms with Crippen LogP contribution in [0.5, 0.6) is 0 Å². The van der Waals surface area contributed by atoms with Crippen molar-refractivity contribution < 1.29 is 13.2 Å². The number of ether oxygens (including phenoxy) is 1. The van der Waals surface area contributed by atoms with Gasteiger partial charge >= 0.3 is 0 Å². The van der Waals surface area contributed by atoms with E-state index < -0.39 is 10.0 Å². The molecule has 8 heteroatoms. The first-order chi connectivity index (χ1) is 12.4. The number of aromatic nitrogens is 2. The number of benzene rings is 1. The van der Waals surface area contributed by atoms with Gasteiger partial charge in [-0.2, -0.15) is 0 Å². The summed E-state index contributed by atoms with van der Waals surface area (Å²) in [6.45, 7) is 8.49. The second-order valence-electron chi connectivity index (χ2n) is 6.48. The molecule has 0 bridgehead atoms. The Balaban J connectivity index is 1.76. The lowest BCUT2D eigenvalue weighted by Gasteiger charge is -2.27. The highest BCUT2D eigenvalue weighted by Crippen LogP contribution is 2.21. The van der Waals surface area contributed by atoms with Gasteiger partial charge in [-0.15, -0.1) is 0 Å². The summed E-state index contributed by atoms with van der Waals surface area (Å²) in [5.41, 5.74) is 2.51. The number of hydrogen-bond acceptors (Lipinski definition) is 6. The minimum Gasteiger partial charge on any atom is -0.378 e. The Hall–Kier alpha value is -2.03. The van der Waals surface area contributed by atoms with Crippen molar-refractivity contribution in [2.75, 3.05) is 31.2 Å². The molecule has 7 nitrogen and oxygen atoms in total. The number of anilines is 1. The molecule has 3 rings (SSSR count). The predicted octanol–water partition coefficient (Wildman–Crippen LogP) is 1.72. The normalized spacial score (nSPS) is 15.3. The second-order valence-corrected chi connectivity index (χ2v) is 8.19. The lowest BCUT2D eigenvalue weighted by atomic mass is 10.1. The number of morpholine rings is 1. The van der Waals surface area contributed by atoms with Crippen molar-refractivity contribution in [3.8, 4) is 0 Å². The molecule has 0 spiro atoms. The van der Waals surface area contributed by atoms with E-state index in [2.05, 4.69) is 19.6 Å². The summed E-state index contributed by atoms with van der Waals surface area (Å²) in [5.74, 6) is 1.24. The van der Waals surface area contributed by atoms with Gasteiger partial charge in [0.1, 0.15) is 11.6 Å². The third kappa shape index (κ3) is 4.20. The zero-order chi connectivity index (χ0) is 18.7. The molecule has 2 aromatic rings. The first-order valence-corrected chi connectivity index (χ1v) is 10.1. The van der Waals surface area contributed by atoms with Crippen LogP contribution < -0.4 is 9.62 Å². The van der Waals surface area contributed by atoms with Gasteiger partial charge in [0.25, 0.3) is 0 Å². The average molecular weight is 376 g/mol. The zero-order valence-corrected chi connectivity index (χ0v) is 16.1. The highest BCUT2D eigenvalue weighted by molar-refractivity contribution is 7.89. The number of aryl methyl sites for hydroxylation is 3. The Bertz CT molecular complexity index is 870. The van der Waals surface area contributed by atoms with Crippen LogP contribution in [0, 0.1) is 20.8 Å². The van der Waals surface area contributed by atoms with Gasteiger partial charge in [0.2, 0.25) is 10.0 Å². The van der Waals surface area contributed by atoms with Crippen molar-refractivity contribution >= 4 is 15.8 Å². The molecular formula is C18H24N4O3S. The van der Waals surface area contributed by atoms with Gasteiger partial charge < -0.3 is 9.64 Å². The molecule has 26 heavy (non-hydrogen) atoms. The number of hydrogen-bond donors (Lipinski definition) is 1.